The Kier molecular flexibility index (Phi) is 4.76. The van der Waals surface area contributed by atoms with Crippen LogP contribution in [0, 0.1) is 6.92 Å². The van der Waals surface area contributed by atoms with Gasteiger partial charge in [0.25, 0.3) is 0 Å². The van der Waals surface area contributed by atoms with E-state index in [0.717, 1.165) is 27.8 Å². The average molecular weight is 408 g/mol. The van der Waals surface area contributed by atoms with Gasteiger partial charge in [-0.25, -0.2) is 4.79 Å². The molecule has 7 nitrogen and oxygen atoms in total. The molecule has 7 heteroatoms. The number of carbonyl (C=O) groups excluding carboxylic acids is 1. The third kappa shape index (κ3) is 3.57. The molecule has 0 fully saturated rings. The Bertz CT molecular complexity index is 1360. The molecule has 5 rings (SSSR count). The van der Waals surface area contributed by atoms with Crippen molar-refractivity contribution in [3.63, 3.8) is 0 Å². The number of urea groups is 1. The van der Waals surface area contributed by atoms with Gasteiger partial charge in [0.2, 0.25) is 0 Å². The second-order valence-electron chi connectivity index (χ2n) is 7.20. The third-order valence-corrected chi connectivity index (χ3v) is 5.15. The highest BCUT2D eigenvalue weighted by Gasteiger charge is 2.21. The average Bonchev–Trinajstić information content (AvgIpc) is 3.21. The summed E-state index contributed by atoms with van der Waals surface area (Å²) in [5, 5.41) is 18.4. The van der Waals surface area contributed by atoms with Crippen LogP contribution in [-0.4, -0.2) is 25.8 Å². The lowest BCUT2D eigenvalue weighted by atomic mass is 10.1. The van der Waals surface area contributed by atoms with Gasteiger partial charge in [-0.2, -0.15) is 9.61 Å². The minimum absolute atomic E-state index is 0.217. The molecule has 0 bridgehead atoms. The number of fused-ring (bicyclic) bond motifs is 3. The van der Waals surface area contributed by atoms with Crippen LogP contribution in [0.15, 0.2) is 84.9 Å². The van der Waals surface area contributed by atoms with Crippen molar-refractivity contribution in [1.29, 1.82) is 0 Å². The third-order valence-electron chi connectivity index (χ3n) is 5.15. The van der Waals surface area contributed by atoms with Crippen LogP contribution in [0.25, 0.3) is 16.4 Å². The van der Waals surface area contributed by atoms with Crippen molar-refractivity contribution >= 4 is 33.8 Å². The molecule has 0 saturated carbocycles. The molecule has 0 radical (unpaired) electrons. The highest BCUT2D eigenvalue weighted by atomic mass is 16.2. The lowest BCUT2D eigenvalue weighted by Gasteiger charge is -2.22. The molecule has 3 aromatic carbocycles. The van der Waals surface area contributed by atoms with Crippen molar-refractivity contribution < 1.29 is 4.79 Å². The minimum Gasteiger partial charge on any atom is -0.308 e. The Morgan fingerprint density at radius 3 is 2.26 bits per heavy atom. The SMILES string of the molecule is Cc1nn2c(CN(C(=O)Nc3ccccc3)c3ccccc3)nnc2c2ccccc12. The maximum atomic E-state index is 13.2. The second kappa shape index (κ2) is 7.87. The van der Waals surface area contributed by atoms with Gasteiger partial charge in [0.15, 0.2) is 11.5 Å². The van der Waals surface area contributed by atoms with Crippen molar-refractivity contribution in [3.05, 3.63) is 96.4 Å². The molecular formula is C24H20N6O. The van der Waals surface area contributed by atoms with Gasteiger partial charge in [-0.1, -0.05) is 60.7 Å². The van der Waals surface area contributed by atoms with E-state index in [0.29, 0.717) is 11.5 Å². The van der Waals surface area contributed by atoms with E-state index in [9.17, 15) is 4.79 Å². The van der Waals surface area contributed by atoms with E-state index in [1.54, 1.807) is 9.42 Å². The summed E-state index contributed by atoms with van der Waals surface area (Å²) >= 11 is 0. The number of aromatic nitrogens is 4. The summed E-state index contributed by atoms with van der Waals surface area (Å²) in [4.78, 5) is 14.8. The van der Waals surface area contributed by atoms with Crippen molar-refractivity contribution in [2.45, 2.75) is 13.5 Å². The predicted molar refractivity (Wildman–Crippen MR) is 121 cm³/mol. The largest absolute Gasteiger partial charge is 0.326 e. The van der Waals surface area contributed by atoms with Crippen molar-refractivity contribution in [3.8, 4) is 0 Å². The van der Waals surface area contributed by atoms with Gasteiger partial charge in [0.1, 0.15) is 0 Å². The molecule has 2 amide bonds. The number of aryl methyl sites for hydroxylation is 1. The number of hydrogen-bond donors (Lipinski definition) is 1. The van der Waals surface area contributed by atoms with Crippen LogP contribution in [-0.2, 0) is 6.54 Å². The number of anilines is 2. The Morgan fingerprint density at radius 1 is 0.871 bits per heavy atom. The molecule has 2 aromatic heterocycles. The van der Waals surface area contributed by atoms with Crippen LogP contribution in [0.1, 0.15) is 11.5 Å². The molecule has 0 aliphatic heterocycles. The van der Waals surface area contributed by atoms with E-state index in [1.165, 1.54) is 0 Å². The maximum absolute atomic E-state index is 13.2. The van der Waals surface area contributed by atoms with Gasteiger partial charge in [-0.05, 0) is 31.2 Å². The smallest absolute Gasteiger partial charge is 0.308 e. The molecule has 0 unspecified atom stereocenters. The lowest BCUT2D eigenvalue weighted by molar-refractivity contribution is 0.256. The predicted octanol–water partition coefficient (Wildman–Crippen LogP) is 4.82. The van der Waals surface area contributed by atoms with E-state index in [1.807, 2.05) is 91.9 Å². The quantitative estimate of drug-likeness (QED) is 0.462. The van der Waals surface area contributed by atoms with E-state index in [2.05, 4.69) is 20.6 Å². The number of amides is 2. The van der Waals surface area contributed by atoms with Crippen LogP contribution in [0.4, 0.5) is 16.2 Å². The van der Waals surface area contributed by atoms with Gasteiger partial charge in [0.05, 0.1) is 12.2 Å². The van der Waals surface area contributed by atoms with Crippen LogP contribution in [0.5, 0.6) is 0 Å². The van der Waals surface area contributed by atoms with Crippen LogP contribution < -0.4 is 10.2 Å². The van der Waals surface area contributed by atoms with Crippen molar-refractivity contribution in [2.24, 2.45) is 0 Å². The first kappa shape index (κ1) is 18.7. The fourth-order valence-corrected chi connectivity index (χ4v) is 3.62. The molecule has 0 atom stereocenters. The molecule has 0 spiro atoms. The molecule has 152 valence electrons. The number of benzene rings is 3. The van der Waals surface area contributed by atoms with E-state index < -0.39 is 0 Å². The van der Waals surface area contributed by atoms with Gasteiger partial charge < -0.3 is 5.32 Å². The molecule has 2 heterocycles. The fourth-order valence-electron chi connectivity index (χ4n) is 3.62. The Balaban J connectivity index is 1.55. The number of para-hydroxylation sites is 2. The number of nitrogens with zero attached hydrogens (tertiary/aromatic N) is 5. The zero-order valence-corrected chi connectivity index (χ0v) is 16.9. The molecule has 0 aliphatic rings. The van der Waals surface area contributed by atoms with E-state index in [4.69, 9.17) is 0 Å². The summed E-state index contributed by atoms with van der Waals surface area (Å²) in [6, 6.07) is 26.6. The number of rotatable bonds is 4. The lowest BCUT2D eigenvalue weighted by Crippen LogP contribution is -2.35. The first-order valence-electron chi connectivity index (χ1n) is 9.99. The highest BCUT2D eigenvalue weighted by Crippen LogP contribution is 2.23. The number of nitrogens with one attached hydrogen (secondary N) is 1. The molecule has 31 heavy (non-hydrogen) atoms. The standard InChI is InChI=1S/C24H20N6O/c1-17-20-14-8-9-15-21(20)23-27-26-22(30(23)28-17)16-29(19-12-6-3-7-13-19)24(31)25-18-10-4-2-5-11-18/h2-15H,16H2,1H3,(H,25,31). The normalized spacial score (nSPS) is 11.0. The summed E-state index contributed by atoms with van der Waals surface area (Å²) in [5.74, 6) is 0.580. The molecule has 0 aliphatic carbocycles. The van der Waals surface area contributed by atoms with Gasteiger partial charge >= 0.3 is 6.03 Å². The van der Waals surface area contributed by atoms with Crippen molar-refractivity contribution in [2.75, 3.05) is 10.2 Å². The Labute approximate surface area is 179 Å². The molecule has 5 aromatic rings. The molecular weight excluding hydrogens is 388 g/mol. The number of hydrogen-bond acceptors (Lipinski definition) is 4. The second-order valence-corrected chi connectivity index (χ2v) is 7.20. The highest BCUT2D eigenvalue weighted by molar-refractivity contribution is 6.01. The first-order valence-corrected chi connectivity index (χ1v) is 9.99. The molecule has 1 N–H and O–H groups in total. The Morgan fingerprint density at radius 2 is 1.52 bits per heavy atom. The van der Waals surface area contributed by atoms with Gasteiger partial charge in [-0.15, -0.1) is 10.2 Å². The topological polar surface area (TPSA) is 75.4 Å². The van der Waals surface area contributed by atoms with E-state index in [-0.39, 0.29) is 12.6 Å². The summed E-state index contributed by atoms with van der Waals surface area (Å²) in [6.45, 7) is 2.18. The van der Waals surface area contributed by atoms with Crippen LogP contribution >= 0.6 is 0 Å². The fraction of sp³-hybridized carbons (Fsp3) is 0.0833. The van der Waals surface area contributed by atoms with Gasteiger partial charge in [-0.3, -0.25) is 4.90 Å². The van der Waals surface area contributed by atoms with Crippen molar-refractivity contribution in [1.82, 2.24) is 19.8 Å². The number of carbonyl (C=O) groups is 1. The summed E-state index contributed by atoms with van der Waals surface area (Å²) in [5.41, 5.74) is 3.03. The maximum Gasteiger partial charge on any atom is 0.326 e. The summed E-state index contributed by atoms with van der Waals surface area (Å²) < 4.78 is 1.73. The zero-order valence-electron chi connectivity index (χ0n) is 16.9. The summed E-state index contributed by atoms with van der Waals surface area (Å²) in [6.07, 6.45) is 0. The monoisotopic (exact) mass is 408 g/mol. The first-order chi connectivity index (χ1) is 15.2. The van der Waals surface area contributed by atoms with Crippen LogP contribution in [0.2, 0.25) is 0 Å². The van der Waals surface area contributed by atoms with Crippen LogP contribution in [0.3, 0.4) is 0 Å². The van der Waals surface area contributed by atoms with E-state index >= 15 is 0 Å². The Hall–Kier alpha value is -4.26. The zero-order chi connectivity index (χ0) is 21.2. The summed E-state index contributed by atoms with van der Waals surface area (Å²) in [7, 11) is 0. The minimum atomic E-state index is -0.258. The van der Waals surface area contributed by atoms with Gasteiger partial charge in [0, 0.05) is 22.1 Å². The molecule has 0 saturated heterocycles.